The van der Waals surface area contributed by atoms with Gasteiger partial charge in [0.05, 0.1) is 23.1 Å². The first kappa shape index (κ1) is 25.6. The normalized spacial score (nSPS) is 14.1. The van der Waals surface area contributed by atoms with Crippen molar-refractivity contribution >= 4 is 22.3 Å². The van der Waals surface area contributed by atoms with Crippen LogP contribution in [0.25, 0.3) is 27.7 Å². The standard InChI is InChI=1S/C28H32N6.C2H6/c1-3-24-9-10-25(18-30-24)31-20(2)28-26-15-22(8-11-27(26)32-33-28)23-14-21(16-29-17-23)19-34-12-6-4-5-7-13-34;1-2/h8-11,14-18,31H,2-7,12-13,19H2,1H3,(H,32,33);1-2H3. The molecule has 0 amide bonds. The van der Waals surface area contributed by atoms with Crippen molar-refractivity contribution < 1.29 is 0 Å². The third kappa shape index (κ3) is 6.18. The molecule has 0 atom stereocenters. The average molecular weight is 483 g/mol. The van der Waals surface area contributed by atoms with Crippen LogP contribution in [0.4, 0.5) is 5.69 Å². The summed E-state index contributed by atoms with van der Waals surface area (Å²) in [5.41, 5.74) is 8.02. The first-order valence-corrected chi connectivity index (χ1v) is 13.3. The molecule has 0 spiro atoms. The zero-order valence-corrected chi connectivity index (χ0v) is 21.8. The summed E-state index contributed by atoms with van der Waals surface area (Å²) in [4.78, 5) is 11.6. The van der Waals surface area contributed by atoms with Gasteiger partial charge in [-0.2, -0.15) is 5.10 Å². The van der Waals surface area contributed by atoms with Gasteiger partial charge in [0.25, 0.3) is 0 Å². The van der Waals surface area contributed by atoms with Gasteiger partial charge in [-0.15, -0.1) is 0 Å². The minimum Gasteiger partial charge on any atom is -0.353 e. The third-order valence-electron chi connectivity index (χ3n) is 6.56. The summed E-state index contributed by atoms with van der Waals surface area (Å²) < 4.78 is 0. The van der Waals surface area contributed by atoms with Gasteiger partial charge in [-0.25, -0.2) is 0 Å². The summed E-state index contributed by atoms with van der Waals surface area (Å²) in [7, 11) is 0. The monoisotopic (exact) mass is 482 g/mol. The molecule has 0 bridgehead atoms. The van der Waals surface area contributed by atoms with E-state index in [0.29, 0.717) is 0 Å². The Balaban J connectivity index is 0.00000148. The Morgan fingerprint density at radius 2 is 1.78 bits per heavy atom. The Hall–Kier alpha value is -3.51. The molecular formula is C30H38N6. The number of hydrogen-bond acceptors (Lipinski definition) is 5. The van der Waals surface area contributed by atoms with Gasteiger partial charge in [0.15, 0.2) is 0 Å². The topological polar surface area (TPSA) is 69.7 Å². The fraction of sp³-hybridized carbons (Fsp3) is 0.367. The lowest BCUT2D eigenvalue weighted by Crippen LogP contribution is -2.24. The second kappa shape index (κ2) is 12.5. The highest BCUT2D eigenvalue weighted by atomic mass is 15.1. The molecule has 36 heavy (non-hydrogen) atoms. The Bertz CT molecular complexity index is 1270. The molecule has 0 saturated carbocycles. The van der Waals surface area contributed by atoms with Gasteiger partial charge in [-0.1, -0.05) is 46.3 Å². The Morgan fingerprint density at radius 1 is 0.972 bits per heavy atom. The minimum atomic E-state index is 0.738. The van der Waals surface area contributed by atoms with Crippen LogP contribution in [0.2, 0.25) is 0 Å². The predicted octanol–water partition coefficient (Wildman–Crippen LogP) is 7.07. The van der Waals surface area contributed by atoms with Crippen LogP contribution in [-0.2, 0) is 13.0 Å². The van der Waals surface area contributed by atoms with Gasteiger partial charge in [0.1, 0.15) is 5.69 Å². The van der Waals surface area contributed by atoms with Crippen LogP contribution in [0.3, 0.4) is 0 Å². The molecule has 1 fully saturated rings. The molecule has 6 nitrogen and oxygen atoms in total. The number of likely N-dealkylation sites (tertiary alicyclic amines) is 1. The van der Waals surface area contributed by atoms with E-state index in [1.807, 2.05) is 44.6 Å². The molecule has 6 heteroatoms. The van der Waals surface area contributed by atoms with Crippen LogP contribution in [0.15, 0.2) is 61.6 Å². The number of fused-ring (bicyclic) bond motifs is 1. The van der Waals surface area contributed by atoms with E-state index in [4.69, 9.17) is 0 Å². The molecule has 188 valence electrons. The van der Waals surface area contributed by atoms with Gasteiger partial charge in [-0.05, 0) is 73.8 Å². The second-order valence-corrected chi connectivity index (χ2v) is 9.10. The number of nitrogens with zero attached hydrogens (tertiary/aromatic N) is 4. The fourth-order valence-corrected chi connectivity index (χ4v) is 4.65. The van der Waals surface area contributed by atoms with E-state index >= 15 is 0 Å². The molecule has 1 aliphatic heterocycles. The first-order chi connectivity index (χ1) is 17.7. The smallest absolute Gasteiger partial charge is 0.116 e. The molecule has 1 saturated heterocycles. The molecule has 4 heterocycles. The quantitative estimate of drug-likeness (QED) is 0.295. The lowest BCUT2D eigenvalue weighted by molar-refractivity contribution is 0.277. The van der Waals surface area contributed by atoms with E-state index in [0.717, 1.165) is 57.8 Å². The van der Waals surface area contributed by atoms with Crippen LogP contribution in [0.1, 0.15) is 63.4 Å². The van der Waals surface area contributed by atoms with Crippen molar-refractivity contribution in [1.82, 2.24) is 25.1 Å². The summed E-state index contributed by atoms with van der Waals surface area (Å²) >= 11 is 0. The van der Waals surface area contributed by atoms with Crippen molar-refractivity contribution in [3.05, 3.63) is 78.5 Å². The second-order valence-electron chi connectivity index (χ2n) is 9.10. The van der Waals surface area contributed by atoms with Crippen LogP contribution in [0, 0.1) is 0 Å². The van der Waals surface area contributed by atoms with Crippen LogP contribution in [0.5, 0.6) is 0 Å². The van der Waals surface area contributed by atoms with E-state index < -0.39 is 0 Å². The number of anilines is 1. The number of H-pyrrole nitrogens is 1. The van der Waals surface area contributed by atoms with Crippen molar-refractivity contribution in [2.75, 3.05) is 18.4 Å². The van der Waals surface area contributed by atoms with Crippen LogP contribution in [-0.4, -0.2) is 38.2 Å². The minimum absolute atomic E-state index is 0.738. The zero-order chi connectivity index (χ0) is 25.3. The SMILES string of the molecule is C=C(Nc1ccc(CC)nc1)c1n[nH]c2ccc(-c3cncc(CN4CCCCCC4)c3)cc12.CC. The highest BCUT2D eigenvalue weighted by Crippen LogP contribution is 2.29. The molecule has 5 rings (SSSR count). The summed E-state index contributed by atoms with van der Waals surface area (Å²) in [6.45, 7) is 13.7. The van der Waals surface area contributed by atoms with E-state index in [-0.39, 0.29) is 0 Å². The van der Waals surface area contributed by atoms with Crippen LogP contribution < -0.4 is 5.32 Å². The number of benzene rings is 1. The third-order valence-corrected chi connectivity index (χ3v) is 6.56. The van der Waals surface area contributed by atoms with Crippen molar-refractivity contribution in [3.63, 3.8) is 0 Å². The predicted molar refractivity (Wildman–Crippen MR) is 151 cm³/mol. The fourth-order valence-electron chi connectivity index (χ4n) is 4.65. The lowest BCUT2D eigenvalue weighted by atomic mass is 10.0. The molecule has 0 aliphatic carbocycles. The highest BCUT2D eigenvalue weighted by Gasteiger charge is 2.13. The number of aryl methyl sites for hydroxylation is 1. The van der Waals surface area contributed by atoms with Crippen molar-refractivity contribution in [3.8, 4) is 11.1 Å². The van der Waals surface area contributed by atoms with Crippen molar-refractivity contribution in [2.24, 2.45) is 0 Å². The molecule has 0 unspecified atom stereocenters. The van der Waals surface area contributed by atoms with E-state index in [1.54, 1.807) is 0 Å². The Labute approximate surface area is 214 Å². The Kier molecular flexibility index (Phi) is 8.85. The van der Waals surface area contributed by atoms with Gasteiger partial charge in [0.2, 0.25) is 0 Å². The van der Waals surface area contributed by atoms with Gasteiger partial charge < -0.3 is 5.32 Å². The molecular weight excluding hydrogens is 444 g/mol. The van der Waals surface area contributed by atoms with Crippen molar-refractivity contribution in [2.45, 2.75) is 59.4 Å². The molecule has 1 aliphatic rings. The molecule has 4 aromatic rings. The number of aromatic nitrogens is 4. The summed E-state index contributed by atoms with van der Waals surface area (Å²) in [5, 5.41) is 12.1. The molecule has 1 aromatic carbocycles. The molecule has 2 N–H and O–H groups in total. The Morgan fingerprint density at radius 3 is 2.50 bits per heavy atom. The van der Waals surface area contributed by atoms with E-state index in [2.05, 4.69) is 68.2 Å². The highest BCUT2D eigenvalue weighted by molar-refractivity contribution is 5.95. The van der Waals surface area contributed by atoms with Crippen molar-refractivity contribution in [1.29, 1.82) is 0 Å². The number of rotatable bonds is 7. The average Bonchev–Trinajstić information content (AvgIpc) is 3.19. The largest absolute Gasteiger partial charge is 0.353 e. The maximum absolute atomic E-state index is 4.56. The summed E-state index contributed by atoms with van der Waals surface area (Å²) in [5.74, 6) is 0. The molecule has 3 aromatic heterocycles. The summed E-state index contributed by atoms with van der Waals surface area (Å²) in [6, 6.07) is 12.7. The van der Waals surface area contributed by atoms with E-state index in [9.17, 15) is 0 Å². The number of aromatic amines is 1. The van der Waals surface area contributed by atoms with Gasteiger partial charge in [0, 0.05) is 35.6 Å². The summed E-state index contributed by atoms with van der Waals surface area (Å²) in [6.07, 6.45) is 12.0. The number of pyridine rings is 2. The lowest BCUT2D eigenvalue weighted by Gasteiger charge is -2.19. The maximum atomic E-state index is 4.56. The first-order valence-electron chi connectivity index (χ1n) is 13.3. The van der Waals surface area contributed by atoms with Crippen LogP contribution >= 0.6 is 0 Å². The number of nitrogens with one attached hydrogen (secondary N) is 2. The maximum Gasteiger partial charge on any atom is 0.116 e. The number of hydrogen-bond donors (Lipinski definition) is 2. The molecule has 0 radical (unpaired) electrons. The van der Waals surface area contributed by atoms with Gasteiger partial charge in [-0.3, -0.25) is 20.0 Å². The zero-order valence-electron chi connectivity index (χ0n) is 21.8. The van der Waals surface area contributed by atoms with E-state index in [1.165, 1.54) is 44.3 Å². The van der Waals surface area contributed by atoms with Gasteiger partial charge >= 0.3 is 0 Å².